The summed E-state index contributed by atoms with van der Waals surface area (Å²) in [6.07, 6.45) is 0. The van der Waals surface area contributed by atoms with Gasteiger partial charge >= 0.3 is 0 Å². The molecule has 0 aliphatic heterocycles. The van der Waals surface area contributed by atoms with Crippen molar-refractivity contribution in [1.29, 1.82) is 0 Å². The Morgan fingerprint density at radius 2 is 1.65 bits per heavy atom. The molecule has 0 atom stereocenters. The molecule has 3 heteroatoms. The van der Waals surface area contributed by atoms with Crippen molar-refractivity contribution in [2.24, 2.45) is 0 Å². The van der Waals surface area contributed by atoms with Gasteiger partial charge in [-0.05, 0) is 35.7 Å². The van der Waals surface area contributed by atoms with Crippen molar-refractivity contribution in [2.45, 2.75) is 0 Å². The molecule has 3 nitrogen and oxygen atoms in total. The molecule has 0 unspecified atom stereocenters. The maximum absolute atomic E-state index is 5.85. The fourth-order valence-corrected chi connectivity index (χ4v) is 2.41. The summed E-state index contributed by atoms with van der Waals surface area (Å²) in [5, 5.41) is 2.27. The Kier molecular flexibility index (Phi) is 2.27. The van der Waals surface area contributed by atoms with Gasteiger partial charge in [-0.3, -0.25) is 0 Å². The van der Waals surface area contributed by atoms with Crippen LogP contribution in [0.4, 0.5) is 5.69 Å². The maximum atomic E-state index is 5.85. The number of hydrogen-bond acceptors (Lipinski definition) is 3. The topological polar surface area (TPSA) is 52.0 Å². The summed E-state index contributed by atoms with van der Waals surface area (Å²) in [7, 11) is 0. The van der Waals surface area contributed by atoms with Gasteiger partial charge in [-0.25, -0.2) is 4.98 Å². The highest BCUT2D eigenvalue weighted by Gasteiger charge is 2.10. The van der Waals surface area contributed by atoms with E-state index in [9.17, 15) is 0 Å². The highest BCUT2D eigenvalue weighted by Crippen LogP contribution is 2.29. The number of rotatable bonds is 1. The lowest BCUT2D eigenvalue weighted by Gasteiger charge is -1.95. The minimum atomic E-state index is 0.622. The Labute approximate surface area is 115 Å². The van der Waals surface area contributed by atoms with E-state index in [1.807, 2.05) is 42.5 Å². The largest absolute Gasteiger partial charge is 0.436 e. The SMILES string of the molecule is Nc1ccc(-c2nc3c(ccc4ccccc43)o2)cc1. The van der Waals surface area contributed by atoms with Gasteiger partial charge in [-0.15, -0.1) is 0 Å². The highest BCUT2D eigenvalue weighted by atomic mass is 16.3. The number of nitrogen functional groups attached to an aromatic ring is 1. The molecule has 0 bridgehead atoms. The van der Waals surface area contributed by atoms with Gasteiger partial charge in [0.2, 0.25) is 5.89 Å². The molecular formula is C17H12N2O. The van der Waals surface area contributed by atoms with E-state index in [2.05, 4.69) is 23.2 Å². The average Bonchev–Trinajstić information content (AvgIpc) is 2.92. The quantitative estimate of drug-likeness (QED) is 0.521. The number of anilines is 1. The molecular weight excluding hydrogens is 248 g/mol. The number of nitrogens with two attached hydrogens (primary N) is 1. The number of nitrogens with zero attached hydrogens (tertiary/aromatic N) is 1. The molecule has 4 aromatic rings. The molecule has 0 aliphatic carbocycles. The molecule has 0 radical (unpaired) electrons. The van der Waals surface area contributed by atoms with Crippen molar-refractivity contribution < 1.29 is 4.42 Å². The van der Waals surface area contributed by atoms with Gasteiger partial charge in [0.25, 0.3) is 0 Å². The Morgan fingerprint density at radius 1 is 0.850 bits per heavy atom. The first-order chi connectivity index (χ1) is 9.81. The standard InChI is InChI=1S/C17H12N2O/c18-13-8-5-12(6-9-13)17-19-16-14-4-2-1-3-11(14)7-10-15(16)20-17/h1-10H,18H2. The second-order valence-corrected chi connectivity index (χ2v) is 4.77. The normalized spacial score (nSPS) is 11.2. The van der Waals surface area contributed by atoms with Crippen LogP contribution in [0.3, 0.4) is 0 Å². The Balaban J connectivity index is 1.98. The van der Waals surface area contributed by atoms with Gasteiger partial charge in [0.1, 0.15) is 5.52 Å². The molecule has 0 amide bonds. The average molecular weight is 260 g/mol. The molecule has 1 aromatic heterocycles. The summed E-state index contributed by atoms with van der Waals surface area (Å²) in [5.74, 6) is 0.622. The third kappa shape index (κ3) is 1.64. The van der Waals surface area contributed by atoms with Crippen molar-refractivity contribution in [1.82, 2.24) is 4.98 Å². The van der Waals surface area contributed by atoms with Gasteiger partial charge in [0.05, 0.1) is 0 Å². The van der Waals surface area contributed by atoms with Crippen molar-refractivity contribution in [3.63, 3.8) is 0 Å². The highest BCUT2D eigenvalue weighted by molar-refractivity contribution is 6.03. The van der Waals surface area contributed by atoms with Gasteiger partial charge in [-0.1, -0.05) is 30.3 Å². The van der Waals surface area contributed by atoms with Crippen LogP contribution in [0.15, 0.2) is 65.1 Å². The molecule has 20 heavy (non-hydrogen) atoms. The van der Waals surface area contributed by atoms with Crippen LogP contribution in [-0.4, -0.2) is 4.98 Å². The molecule has 0 saturated heterocycles. The molecule has 4 rings (SSSR count). The Bertz CT molecular complexity index is 907. The molecule has 0 fully saturated rings. The van der Waals surface area contributed by atoms with E-state index in [0.717, 1.165) is 33.1 Å². The zero-order valence-electron chi connectivity index (χ0n) is 10.7. The zero-order valence-corrected chi connectivity index (χ0v) is 10.7. The van der Waals surface area contributed by atoms with Gasteiger partial charge in [0.15, 0.2) is 5.58 Å². The smallest absolute Gasteiger partial charge is 0.227 e. The molecule has 1 heterocycles. The van der Waals surface area contributed by atoms with E-state index >= 15 is 0 Å². The van der Waals surface area contributed by atoms with E-state index in [4.69, 9.17) is 10.2 Å². The van der Waals surface area contributed by atoms with Crippen LogP contribution in [0, 0.1) is 0 Å². The fourth-order valence-electron chi connectivity index (χ4n) is 2.41. The molecule has 3 aromatic carbocycles. The van der Waals surface area contributed by atoms with Gasteiger partial charge in [0, 0.05) is 16.6 Å². The number of benzene rings is 3. The zero-order chi connectivity index (χ0) is 13.5. The van der Waals surface area contributed by atoms with Crippen molar-refractivity contribution in [3.8, 4) is 11.5 Å². The van der Waals surface area contributed by atoms with E-state index in [0.29, 0.717) is 5.89 Å². The number of aromatic nitrogens is 1. The minimum absolute atomic E-state index is 0.622. The van der Waals surface area contributed by atoms with E-state index in [1.54, 1.807) is 0 Å². The van der Waals surface area contributed by atoms with Crippen LogP contribution in [0.2, 0.25) is 0 Å². The van der Waals surface area contributed by atoms with Crippen LogP contribution in [0.1, 0.15) is 0 Å². The van der Waals surface area contributed by atoms with Crippen LogP contribution in [0.5, 0.6) is 0 Å². The third-order valence-electron chi connectivity index (χ3n) is 3.44. The Morgan fingerprint density at radius 3 is 2.50 bits per heavy atom. The lowest BCUT2D eigenvalue weighted by molar-refractivity contribution is 0.620. The number of oxazole rings is 1. The lowest BCUT2D eigenvalue weighted by Crippen LogP contribution is -1.83. The van der Waals surface area contributed by atoms with Crippen molar-refractivity contribution >= 4 is 27.6 Å². The first-order valence-corrected chi connectivity index (χ1v) is 6.45. The van der Waals surface area contributed by atoms with Gasteiger partial charge in [-0.2, -0.15) is 0 Å². The van der Waals surface area contributed by atoms with Crippen molar-refractivity contribution in [3.05, 3.63) is 60.7 Å². The molecule has 96 valence electrons. The van der Waals surface area contributed by atoms with E-state index in [-0.39, 0.29) is 0 Å². The van der Waals surface area contributed by atoms with Crippen LogP contribution < -0.4 is 5.73 Å². The second-order valence-electron chi connectivity index (χ2n) is 4.77. The fraction of sp³-hybridized carbons (Fsp3) is 0. The predicted octanol–water partition coefficient (Wildman–Crippen LogP) is 4.23. The van der Waals surface area contributed by atoms with Gasteiger partial charge < -0.3 is 10.2 Å². The van der Waals surface area contributed by atoms with Crippen LogP contribution in [0.25, 0.3) is 33.3 Å². The van der Waals surface area contributed by atoms with E-state index < -0.39 is 0 Å². The monoisotopic (exact) mass is 260 g/mol. The van der Waals surface area contributed by atoms with E-state index in [1.165, 1.54) is 0 Å². The third-order valence-corrected chi connectivity index (χ3v) is 3.44. The summed E-state index contributed by atoms with van der Waals surface area (Å²) < 4.78 is 5.85. The minimum Gasteiger partial charge on any atom is -0.436 e. The number of fused-ring (bicyclic) bond motifs is 3. The van der Waals surface area contributed by atoms with Crippen LogP contribution in [-0.2, 0) is 0 Å². The lowest BCUT2D eigenvalue weighted by atomic mass is 10.1. The molecule has 2 N–H and O–H groups in total. The number of hydrogen-bond donors (Lipinski definition) is 1. The molecule has 0 spiro atoms. The molecule has 0 aliphatic rings. The van der Waals surface area contributed by atoms with Crippen molar-refractivity contribution in [2.75, 3.05) is 5.73 Å². The first kappa shape index (κ1) is 11.1. The Hall–Kier alpha value is -2.81. The summed E-state index contributed by atoms with van der Waals surface area (Å²) in [4.78, 5) is 4.63. The maximum Gasteiger partial charge on any atom is 0.227 e. The second kappa shape index (κ2) is 4.10. The summed E-state index contributed by atoms with van der Waals surface area (Å²) in [5.41, 5.74) is 9.06. The summed E-state index contributed by atoms with van der Waals surface area (Å²) in [6, 6.07) is 19.7. The summed E-state index contributed by atoms with van der Waals surface area (Å²) >= 11 is 0. The van der Waals surface area contributed by atoms with Crippen LogP contribution >= 0.6 is 0 Å². The predicted molar refractivity (Wildman–Crippen MR) is 81.4 cm³/mol. The summed E-state index contributed by atoms with van der Waals surface area (Å²) in [6.45, 7) is 0. The molecule has 0 saturated carbocycles. The first-order valence-electron chi connectivity index (χ1n) is 6.45.